The first-order chi connectivity index (χ1) is 33.2. The van der Waals surface area contributed by atoms with Crippen LogP contribution in [0.2, 0.25) is 0 Å². The first kappa shape index (κ1) is 37.6. The van der Waals surface area contributed by atoms with Gasteiger partial charge in [0.2, 0.25) is 0 Å². The number of fused-ring (bicyclic) bond motifs is 12. The summed E-state index contributed by atoms with van der Waals surface area (Å²) >= 11 is 0. The minimum Gasteiger partial charge on any atom is -0.455 e. The summed E-state index contributed by atoms with van der Waals surface area (Å²) in [6, 6.07) is 88.3. The number of nitrogens with zero attached hydrogens (tertiary/aromatic N) is 2. The van der Waals surface area contributed by atoms with Crippen LogP contribution in [0.25, 0.3) is 105 Å². The van der Waals surface area contributed by atoms with Gasteiger partial charge < -0.3 is 4.42 Å². The first-order valence-electron chi connectivity index (χ1n) is 23.0. The maximum atomic E-state index is 6.63. The van der Waals surface area contributed by atoms with E-state index in [9.17, 15) is 0 Å². The topological polar surface area (TPSA) is 30.4 Å². The minimum absolute atomic E-state index is 0.605. The van der Waals surface area contributed by atoms with Crippen LogP contribution < -0.4 is 0 Å². The lowest BCUT2D eigenvalue weighted by atomic mass is 9.67. The number of hydrogen-bond donors (Lipinski definition) is 0. The molecule has 0 saturated heterocycles. The molecular formula is C64H40N2O. The second-order valence-corrected chi connectivity index (χ2v) is 17.8. The van der Waals surface area contributed by atoms with Crippen molar-refractivity contribution in [2.24, 2.45) is 0 Å². The van der Waals surface area contributed by atoms with Crippen LogP contribution in [-0.4, -0.2) is 9.38 Å². The van der Waals surface area contributed by atoms with E-state index in [1.165, 1.54) is 49.7 Å². The Kier molecular flexibility index (Phi) is 8.20. The van der Waals surface area contributed by atoms with Gasteiger partial charge in [-0.2, -0.15) is 0 Å². The molecule has 3 heteroatoms. The van der Waals surface area contributed by atoms with Crippen LogP contribution in [0, 0.1) is 0 Å². The number of aromatic nitrogens is 2. The molecule has 0 saturated carbocycles. The largest absolute Gasteiger partial charge is 0.455 e. The van der Waals surface area contributed by atoms with Crippen LogP contribution in [0.1, 0.15) is 22.3 Å². The number of hydrogen-bond acceptors (Lipinski definition) is 2. The van der Waals surface area contributed by atoms with Gasteiger partial charge in [0.1, 0.15) is 16.8 Å². The van der Waals surface area contributed by atoms with Crippen molar-refractivity contribution >= 4 is 49.3 Å². The molecule has 0 radical (unpaired) electrons. The third kappa shape index (κ3) is 5.49. The molecule has 0 aliphatic heterocycles. The highest BCUT2D eigenvalue weighted by molar-refractivity contribution is 6.14. The molecule has 1 aliphatic rings. The SMILES string of the molecule is c1ccc(-c2nc3c4ccccc4c4cc(-c5ccc6c(c5)C(c5ccccc5)(c5ccccc5)c5cc(-c7cccc8c7oc7ccccc78)ccc5-6)ccc4n3c2-c2ccccc2)cc1. The Bertz CT molecular complexity index is 4030. The van der Waals surface area contributed by atoms with Crippen LogP contribution in [0.15, 0.2) is 247 Å². The zero-order chi connectivity index (χ0) is 44.1. The number of furan rings is 1. The van der Waals surface area contributed by atoms with Crippen LogP contribution >= 0.6 is 0 Å². The minimum atomic E-state index is -0.605. The van der Waals surface area contributed by atoms with Gasteiger partial charge in [-0.3, -0.25) is 4.40 Å². The van der Waals surface area contributed by atoms with Crippen molar-refractivity contribution in [2.75, 3.05) is 0 Å². The highest BCUT2D eigenvalue weighted by Crippen LogP contribution is 2.58. The van der Waals surface area contributed by atoms with Gasteiger partial charge in [0.15, 0.2) is 0 Å². The average Bonchev–Trinajstić information content (AvgIpc) is 4.09. The van der Waals surface area contributed by atoms with Gasteiger partial charge in [0.05, 0.1) is 22.3 Å². The predicted octanol–water partition coefficient (Wildman–Crippen LogP) is 16.6. The number of para-hydroxylation sites is 2. The summed E-state index contributed by atoms with van der Waals surface area (Å²) in [6.45, 7) is 0. The van der Waals surface area contributed by atoms with Crippen molar-refractivity contribution in [1.29, 1.82) is 0 Å². The van der Waals surface area contributed by atoms with Gasteiger partial charge in [0, 0.05) is 38.2 Å². The third-order valence-corrected chi connectivity index (χ3v) is 14.3. The Hall–Kier alpha value is -8.79. The Labute approximate surface area is 387 Å². The van der Waals surface area contributed by atoms with Crippen molar-refractivity contribution in [3.63, 3.8) is 0 Å². The van der Waals surface area contributed by atoms with Crippen molar-refractivity contribution < 1.29 is 4.42 Å². The summed E-state index contributed by atoms with van der Waals surface area (Å²) in [4.78, 5) is 5.46. The molecule has 14 rings (SSSR count). The zero-order valence-electron chi connectivity index (χ0n) is 36.4. The molecule has 0 spiro atoms. The van der Waals surface area contributed by atoms with E-state index < -0.39 is 5.41 Å². The molecule has 312 valence electrons. The van der Waals surface area contributed by atoms with Gasteiger partial charge in [-0.25, -0.2) is 4.98 Å². The van der Waals surface area contributed by atoms with Crippen molar-refractivity contribution in [3.05, 3.63) is 265 Å². The highest BCUT2D eigenvalue weighted by atomic mass is 16.3. The molecule has 67 heavy (non-hydrogen) atoms. The second-order valence-electron chi connectivity index (χ2n) is 17.8. The Balaban J connectivity index is 1.01. The molecule has 3 aromatic heterocycles. The fourth-order valence-corrected chi connectivity index (χ4v) is 11.3. The average molecular weight is 853 g/mol. The number of rotatable bonds is 6. The van der Waals surface area contributed by atoms with E-state index in [0.717, 1.165) is 77.7 Å². The van der Waals surface area contributed by atoms with E-state index in [0.29, 0.717) is 0 Å². The molecule has 3 nitrogen and oxygen atoms in total. The number of benzene rings is 10. The molecule has 10 aromatic carbocycles. The Morgan fingerprint density at radius 3 is 1.60 bits per heavy atom. The standard InChI is InChI=1S/C64H40N2O/c1-5-18-41(19-6-1)60-61(42-20-7-2-8-21-42)66-58-37-34-43(38-55(58)49-26-13-14-28-54(49)63(66)65-60)44-32-35-50-51-36-33-45(48-29-17-30-53-52-27-15-16-31-59(52)67-62(48)53)40-57(51)64(56(50)39-44,46-22-9-3-10-23-46)47-24-11-4-12-25-47/h1-40H. The van der Waals surface area contributed by atoms with Gasteiger partial charge in [-0.05, 0) is 85.8 Å². The molecule has 3 heterocycles. The lowest BCUT2D eigenvalue weighted by molar-refractivity contribution is 0.670. The van der Waals surface area contributed by atoms with E-state index in [1.54, 1.807) is 0 Å². The fraction of sp³-hybridized carbons (Fsp3) is 0.0156. The second kappa shape index (κ2) is 14.6. The van der Waals surface area contributed by atoms with Crippen LogP contribution in [0.3, 0.4) is 0 Å². The number of pyridine rings is 1. The van der Waals surface area contributed by atoms with Crippen molar-refractivity contribution in [1.82, 2.24) is 9.38 Å². The smallest absolute Gasteiger partial charge is 0.146 e. The maximum Gasteiger partial charge on any atom is 0.146 e. The summed E-state index contributed by atoms with van der Waals surface area (Å²) in [5, 5.41) is 5.74. The lowest BCUT2D eigenvalue weighted by Crippen LogP contribution is -2.28. The van der Waals surface area contributed by atoms with Gasteiger partial charge in [-0.15, -0.1) is 0 Å². The maximum absolute atomic E-state index is 6.63. The molecule has 0 atom stereocenters. The van der Waals surface area contributed by atoms with Crippen molar-refractivity contribution in [2.45, 2.75) is 5.41 Å². The van der Waals surface area contributed by atoms with E-state index in [-0.39, 0.29) is 0 Å². The van der Waals surface area contributed by atoms with E-state index >= 15 is 0 Å². The molecule has 0 N–H and O–H groups in total. The predicted molar refractivity (Wildman–Crippen MR) is 277 cm³/mol. The molecule has 0 unspecified atom stereocenters. The molecule has 0 amide bonds. The van der Waals surface area contributed by atoms with Crippen LogP contribution in [0.5, 0.6) is 0 Å². The van der Waals surface area contributed by atoms with Gasteiger partial charge in [0.25, 0.3) is 0 Å². The summed E-state index contributed by atoms with van der Waals surface area (Å²) in [6.07, 6.45) is 0. The highest BCUT2D eigenvalue weighted by Gasteiger charge is 2.46. The molecule has 1 aliphatic carbocycles. The lowest BCUT2D eigenvalue weighted by Gasteiger charge is -2.34. The van der Waals surface area contributed by atoms with E-state index in [4.69, 9.17) is 9.40 Å². The molecule has 0 bridgehead atoms. The van der Waals surface area contributed by atoms with Crippen molar-refractivity contribution in [3.8, 4) is 55.9 Å². The third-order valence-electron chi connectivity index (χ3n) is 14.3. The summed E-state index contributed by atoms with van der Waals surface area (Å²) < 4.78 is 9.02. The fourth-order valence-electron chi connectivity index (χ4n) is 11.3. The molecule has 0 fully saturated rings. The summed E-state index contributed by atoms with van der Waals surface area (Å²) in [5.41, 5.74) is 19.6. The molecule has 13 aromatic rings. The number of imidazole rings is 1. The van der Waals surface area contributed by atoms with Crippen LogP contribution in [0.4, 0.5) is 0 Å². The summed E-state index contributed by atoms with van der Waals surface area (Å²) in [7, 11) is 0. The Morgan fingerprint density at radius 2 is 0.896 bits per heavy atom. The van der Waals surface area contributed by atoms with Gasteiger partial charge in [-0.1, -0.05) is 212 Å². The molecular weight excluding hydrogens is 813 g/mol. The normalized spacial score (nSPS) is 12.9. The van der Waals surface area contributed by atoms with E-state index in [1.807, 2.05) is 6.07 Å². The Morgan fingerprint density at radius 1 is 0.358 bits per heavy atom. The quantitative estimate of drug-likeness (QED) is 0.156. The van der Waals surface area contributed by atoms with Gasteiger partial charge >= 0.3 is 0 Å². The van der Waals surface area contributed by atoms with Crippen LogP contribution in [-0.2, 0) is 5.41 Å². The zero-order valence-corrected chi connectivity index (χ0v) is 36.4. The van der Waals surface area contributed by atoms with E-state index in [2.05, 4.69) is 241 Å². The summed E-state index contributed by atoms with van der Waals surface area (Å²) in [5.74, 6) is 0. The monoisotopic (exact) mass is 852 g/mol. The first-order valence-corrected chi connectivity index (χ1v) is 23.0.